The van der Waals surface area contributed by atoms with Crippen LogP contribution in [0, 0.1) is 6.92 Å². The summed E-state index contributed by atoms with van der Waals surface area (Å²) in [7, 11) is 0. The van der Waals surface area contributed by atoms with Crippen LogP contribution in [0.15, 0.2) is 51.6 Å². The largest absolute Gasteiger partial charge is 0.440 e. The standard InChI is InChI=1S/C16H12N2O4/c1-9-8-11(19)6-7-13(9)18-22-16(20)12-4-3-5-14-15(12)21-10(2)17-14/h3-8H,1-2H3. The van der Waals surface area contributed by atoms with E-state index >= 15 is 0 Å². The quantitative estimate of drug-likeness (QED) is 0.483. The smallest absolute Gasteiger partial charge is 0.369 e. The van der Waals surface area contributed by atoms with E-state index in [1.807, 2.05) is 0 Å². The van der Waals surface area contributed by atoms with E-state index in [1.54, 1.807) is 32.0 Å². The summed E-state index contributed by atoms with van der Waals surface area (Å²) in [6, 6.07) is 5.02. The van der Waals surface area contributed by atoms with Gasteiger partial charge in [0, 0.05) is 6.92 Å². The fourth-order valence-electron chi connectivity index (χ4n) is 2.09. The molecular formula is C16H12N2O4. The number of carbonyl (C=O) groups excluding carboxylic acids is 2. The van der Waals surface area contributed by atoms with E-state index in [0.29, 0.717) is 28.3 Å². The maximum Gasteiger partial charge on any atom is 0.369 e. The molecule has 1 aromatic carbocycles. The lowest BCUT2D eigenvalue weighted by molar-refractivity contribution is -0.110. The average molecular weight is 296 g/mol. The molecule has 22 heavy (non-hydrogen) atoms. The zero-order valence-electron chi connectivity index (χ0n) is 12.0. The van der Waals surface area contributed by atoms with Crippen LogP contribution in [0.2, 0.25) is 0 Å². The highest BCUT2D eigenvalue weighted by atomic mass is 16.7. The molecule has 1 heterocycles. The number of para-hydroxylation sites is 1. The van der Waals surface area contributed by atoms with Gasteiger partial charge in [0.25, 0.3) is 0 Å². The molecule has 2 aromatic rings. The highest BCUT2D eigenvalue weighted by Crippen LogP contribution is 2.20. The SMILES string of the molecule is CC1=CC(=O)C=CC1=NOC(=O)c1cccc2nc(C)oc12. The summed E-state index contributed by atoms with van der Waals surface area (Å²) >= 11 is 0. The van der Waals surface area contributed by atoms with Crippen molar-refractivity contribution < 1.29 is 18.8 Å². The van der Waals surface area contributed by atoms with Crippen molar-refractivity contribution >= 4 is 28.6 Å². The third-order valence-corrected chi connectivity index (χ3v) is 3.14. The van der Waals surface area contributed by atoms with Crippen molar-refractivity contribution in [3.05, 3.63) is 53.5 Å². The van der Waals surface area contributed by atoms with Crippen LogP contribution in [0.4, 0.5) is 0 Å². The van der Waals surface area contributed by atoms with Crippen LogP contribution in [0.25, 0.3) is 11.1 Å². The summed E-state index contributed by atoms with van der Waals surface area (Å²) in [6.45, 7) is 3.42. The first-order valence-corrected chi connectivity index (χ1v) is 6.61. The fraction of sp³-hybridized carbons (Fsp3) is 0.125. The van der Waals surface area contributed by atoms with Crippen molar-refractivity contribution in [3.8, 4) is 0 Å². The van der Waals surface area contributed by atoms with Gasteiger partial charge in [-0.05, 0) is 42.9 Å². The van der Waals surface area contributed by atoms with E-state index < -0.39 is 5.97 Å². The number of ketones is 1. The number of aromatic nitrogens is 1. The number of hydrogen-bond donors (Lipinski definition) is 0. The lowest BCUT2D eigenvalue weighted by atomic mass is 10.1. The topological polar surface area (TPSA) is 81.8 Å². The highest BCUT2D eigenvalue weighted by Gasteiger charge is 2.17. The van der Waals surface area contributed by atoms with E-state index in [-0.39, 0.29) is 11.3 Å². The summed E-state index contributed by atoms with van der Waals surface area (Å²) in [5, 5.41) is 3.79. The van der Waals surface area contributed by atoms with Crippen molar-refractivity contribution in [1.29, 1.82) is 0 Å². The molecule has 1 aliphatic carbocycles. The molecule has 0 saturated heterocycles. The van der Waals surface area contributed by atoms with Crippen LogP contribution in [0.5, 0.6) is 0 Å². The molecule has 0 unspecified atom stereocenters. The monoisotopic (exact) mass is 296 g/mol. The molecular weight excluding hydrogens is 284 g/mol. The van der Waals surface area contributed by atoms with Crippen molar-refractivity contribution in [1.82, 2.24) is 4.98 Å². The molecule has 1 aromatic heterocycles. The van der Waals surface area contributed by atoms with Gasteiger partial charge >= 0.3 is 5.97 Å². The first-order valence-electron chi connectivity index (χ1n) is 6.61. The molecule has 0 aliphatic heterocycles. The lowest BCUT2D eigenvalue weighted by Gasteiger charge is -2.05. The van der Waals surface area contributed by atoms with E-state index in [2.05, 4.69) is 10.1 Å². The van der Waals surface area contributed by atoms with E-state index in [4.69, 9.17) is 9.25 Å². The number of allylic oxidation sites excluding steroid dienone is 4. The Balaban J connectivity index is 1.87. The highest BCUT2D eigenvalue weighted by molar-refractivity contribution is 6.19. The molecule has 0 N–H and O–H groups in total. The van der Waals surface area contributed by atoms with E-state index in [9.17, 15) is 9.59 Å². The second-order valence-corrected chi connectivity index (χ2v) is 4.81. The average Bonchev–Trinajstić information content (AvgIpc) is 2.86. The molecule has 6 nitrogen and oxygen atoms in total. The molecule has 6 heteroatoms. The Labute approximate surface area is 125 Å². The van der Waals surface area contributed by atoms with Crippen LogP contribution in [-0.2, 0) is 9.63 Å². The molecule has 0 saturated carbocycles. The number of nitrogens with zero attached hydrogens (tertiary/aromatic N) is 2. The van der Waals surface area contributed by atoms with Crippen molar-refractivity contribution in [2.75, 3.05) is 0 Å². The summed E-state index contributed by atoms with van der Waals surface area (Å²) in [5.41, 5.74) is 2.26. The molecule has 0 radical (unpaired) electrons. The number of fused-ring (bicyclic) bond motifs is 1. The van der Waals surface area contributed by atoms with Crippen molar-refractivity contribution in [2.45, 2.75) is 13.8 Å². The Morgan fingerprint density at radius 2 is 2.09 bits per heavy atom. The van der Waals surface area contributed by atoms with E-state index in [0.717, 1.165) is 0 Å². The Morgan fingerprint density at radius 1 is 1.27 bits per heavy atom. The molecule has 0 spiro atoms. The zero-order valence-corrected chi connectivity index (χ0v) is 12.0. The van der Waals surface area contributed by atoms with Gasteiger partial charge in [0.15, 0.2) is 17.3 Å². The minimum Gasteiger partial charge on any atom is -0.440 e. The number of oxazole rings is 1. The maximum absolute atomic E-state index is 12.2. The predicted octanol–water partition coefficient (Wildman–Crippen LogP) is 2.73. The Kier molecular flexibility index (Phi) is 3.42. The van der Waals surface area contributed by atoms with Gasteiger partial charge < -0.3 is 9.25 Å². The second kappa shape index (κ2) is 5.40. The van der Waals surface area contributed by atoms with Gasteiger partial charge in [0.1, 0.15) is 16.8 Å². The van der Waals surface area contributed by atoms with Crippen LogP contribution >= 0.6 is 0 Å². The van der Waals surface area contributed by atoms with Gasteiger partial charge in [-0.15, -0.1) is 0 Å². The van der Waals surface area contributed by atoms with Crippen molar-refractivity contribution in [2.24, 2.45) is 5.16 Å². The molecule has 0 atom stereocenters. The fourth-order valence-corrected chi connectivity index (χ4v) is 2.09. The van der Waals surface area contributed by atoms with Gasteiger partial charge in [-0.2, -0.15) is 0 Å². The van der Waals surface area contributed by atoms with Crippen molar-refractivity contribution in [3.63, 3.8) is 0 Å². The number of aryl methyl sites for hydroxylation is 1. The minimum atomic E-state index is -0.646. The number of carbonyl (C=O) groups is 2. The first-order chi connectivity index (χ1) is 10.5. The number of hydrogen-bond acceptors (Lipinski definition) is 6. The molecule has 0 fully saturated rings. The number of oxime groups is 1. The molecule has 1 aliphatic rings. The number of benzene rings is 1. The van der Waals surface area contributed by atoms with Crippen LogP contribution in [0.3, 0.4) is 0 Å². The van der Waals surface area contributed by atoms with Gasteiger partial charge in [0.05, 0.1) is 0 Å². The Bertz CT molecular complexity index is 871. The Morgan fingerprint density at radius 3 is 2.86 bits per heavy atom. The van der Waals surface area contributed by atoms with Gasteiger partial charge in [-0.25, -0.2) is 9.78 Å². The molecule has 0 bridgehead atoms. The summed E-state index contributed by atoms with van der Waals surface area (Å²) < 4.78 is 5.42. The lowest BCUT2D eigenvalue weighted by Crippen LogP contribution is -2.08. The van der Waals surface area contributed by atoms with Crippen LogP contribution < -0.4 is 0 Å². The van der Waals surface area contributed by atoms with E-state index in [1.165, 1.54) is 18.2 Å². The summed E-state index contributed by atoms with van der Waals surface area (Å²) in [5.74, 6) is -0.300. The zero-order chi connectivity index (χ0) is 15.7. The van der Waals surface area contributed by atoms with Crippen LogP contribution in [0.1, 0.15) is 23.2 Å². The molecule has 3 rings (SSSR count). The van der Waals surface area contributed by atoms with Gasteiger partial charge in [-0.1, -0.05) is 11.2 Å². The maximum atomic E-state index is 12.2. The van der Waals surface area contributed by atoms with Crippen LogP contribution in [-0.4, -0.2) is 22.4 Å². The van der Waals surface area contributed by atoms with Gasteiger partial charge in [0.2, 0.25) is 0 Å². The predicted molar refractivity (Wildman–Crippen MR) is 79.5 cm³/mol. The molecule has 0 amide bonds. The Hall–Kier alpha value is -3.02. The minimum absolute atomic E-state index is 0.121. The normalized spacial score (nSPS) is 16.2. The number of rotatable bonds is 2. The summed E-state index contributed by atoms with van der Waals surface area (Å²) in [4.78, 5) is 32.4. The summed E-state index contributed by atoms with van der Waals surface area (Å²) in [6.07, 6.45) is 4.29. The first kappa shape index (κ1) is 13.9. The third kappa shape index (κ3) is 2.58. The van der Waals surface area contributed by atoms with Gasteiger partial charge in [-0.3, -0.25) is 4.79 Å². The second-order valence-electron chi connectivity index (χ2n) is 4.81. The molecule has 110 valence electrons. The third-order valence-electron chi connectivity index (χ3n) is 3.14.